The first-order chi connectivity index (χ1) is 6.81. The van der Waals surface area contributed by atoms with Gasteiger partial charge in [-0.25, -0.2) is 4.98 Å². The van der Waals surface area contributed by atoms with E-state index in [1.54, 1.807) is 0 Å². The normalized spacial score (nSPS) is 21.1. The van der Waals surface area contributed by atoms with Gasteiger partial charge in [0.2, 0.25) is 0 Å². The smallest absolute Gasteiger partial charge is 0.125 e. The number of nitrogens with one attached hydrogen (secondary N) is 2. The van der Waals surface area contributed by atoms with E-state index in [0.29, 0.717) is 6.04 Å². The number of nitrogens with zero attached hydrogens (tertiary/aromatic N) is 1. The average molecular weight is 191 g/mol. The molecule has 1 aliphatic heterocycles. The Kier molecular flexibility index (Phi) is 2.68. The molecule has 1 aromatic heterocycles. The minimum atomic E-state index is 0.522. The van der Waals surface area contributed by atoms with Gasteiger partial charge in [-0.15, -0.1) is 0 Å². The van der Waals surface area contributed by atoms with Crippen LogP contribution in [0.5, 0.6) is 0 Å². The molecule has 0 spiro atoms. The fraction of sp³-hybridized carbons (Fsp3) is 0.545. The third-order valence-electron chi connectivity index (χ3n) is 2.82. The van der Waals surface area contributed by atoms with E-state index >= 15 is 0 Å². The van der Waals surface area contributed by atoms with E-state index in [-0.39, 0.29) is 0 Å². The Balaban J connectivity index is 2.25. The van der Waals surface area contributed by atoms with Gasteiger partial charge in [0.25, 0.3) is 0 Å². The number of aryl methyl sites for hydroxylation is 1. The lowest BCUT2D eigenvalue weighted by Crippen LogP contribution is -2.14. The van der Waals surface area contributed by atoms with Crippen LogP contribution in [0.1, 0.15) is 30.1 Å². The fourth-order valence-electron chi connectivity index (χ4n) is 2.03. The van der Waals surface area contributed by atoms with Crippen LogP contribution in [0, 0.1) is 6.92 Å². The zero-order valence-electron chi connectivity index (χ0n) is 8.80. The van der Waals surface area contributed by atoms with Crippen molar-refractivity contribution in [3.63, 3.8) is 0 Å². The van der Waals surface area contributed by atoms with Crippen LogP contribution in [0.3, 0.4) is 0 Å². The highest BCUT2D eigenvalue weighted by Gasteiger charge is 2.18. The van der Waals surface area contributed by atoms with Gasteiger partial charge in [-0.3, -0.25) is 0 Å². The molecule has 14 heavy (non-hydrogen) atoms. The summed E-state index contributed by atoms with van der Waals surface area (Å²) in [7, 11) is 1.90. The van der Waals surface area contributed by atoms with Crippen molar-refractivity contribution >= 4 is 5.82 Å². The summed E-state index contributed by atoms with van der Waals surface area (Å²) in [6, 6.07) is 4.74. The summed E-state index contributed by atoms with van der Waals surface area (Å²) >= 11 is 0. The van der Waals surface area contributed by atoms with Crippen molar-refractivity contribution in [2.75, 3.05) is 18.9 Å². The van der Waals surface area contributed by atoms with Gasteiger partial charge in [0.15, 0.2) is 0 Å². The molecular weight excluding hydrogens is 174 g/mol. The van der Waals surface area contributed by atoms with E-state index in [9.17, 15) is 0 Å². The summed E-state index contributed by atoms with van der Waals surface area (Å²) in [5, 5.41) is 6.54. The Morgan fingerprint density at radius 2 is 2.36 bits per heavy atom. The van der Waals surface area contributed by atoms with E-state index in [1.165, 1.54) is 18.4 Å². The van der Waals surface area contributed by atoms with Gasteiger partial charge in [-0.05, 0) is 37.9 Å². The summed E-state index contributed by atoms with van der Waals surface area (Å²) < 4.78 is 0. The van der Waals surface area contributed by atoms with Crippen LogP contribution in [0.4, 0.5) is 5.82 Å². The summed E-state index contributed by atoms with van der Waals surface area (Å²) in [6.07, 6.45) is 2.51. The van der Waals surface area contributed by atoms with E-state index in [2.05, 4.69) is 28.6 Å². The van der Waals surface area contributed by atoms with Crippen LogP contribution >= 0.6 is 0 Å². The van der Waals surface area contributed by atoms with Crippen molar-refractivity contribution < 1.29 is 0 Å². The maximum Gasteiger partial charge on any atom is 0.125 e. The Bertz CT molecular complexity index is 316. The predicted octanol–water partition coefficient (Wildman–Crippen LogP) is 1.86. The molecule has 1 atom stereocenters. The summed E-state index contributed by atoms with van der Waals surface area (Å²) in [6.45, 7) is 3.22. The van der Waals surface area contributed by atoms with Crippen molar-refractivity contribution in [3.8, 4) is 0 Å². The standard InChI is InChI=1S/C11H17N3/c1-8-9(10-4-3-7-13-10)5-6-11(12-2)14-8/h5-6,10,13H,3-4,7H2,1-2H3,(H,12,14)/t10-/m0/s1. The molecule has 0 radical (unpaired) electrons. The molecule has 1 aliphatic rings. The lowest BCUT2D eigenvalue weighted by atomic mass is 10.0. The van der Waals surface area contributed by atoms with Gasteiger partial charge < -0.3 is 10.6 Å². The second-order valence-corrected chi connectivity index (χ2v) is 3.77. The highest BCUT2D eigenvalue weighted by Crippen LogP contribution is 2.25. The minimum Gasteiger partial charge on any atom is -0.373 e. The number of hydrogen-bond donors (Lipinski definition) is 2. The van der Waals surface area contributed by atoms with Gasteiger partial charge >= 0.3 is 0 Å². The predicted molar refractivity (Wildman–Crippen MR) is 58.5 cm³/mol. The number of rotatable bonds is 2. The van der Waals surface area contributed by atoms with E-state index in [1.807, 2.05) is 13.1 Å². The van der Waals surface area contributed by atoms with Crippen LogP contribution in [-0.2, 0) is 0 Å². The van der Waals surface area contributed by atoms with Gasteiger partial charge in [-0.2, -0.15) is 0 Å². The van der Waals surface area contributed by atoms with Gasteiger partial charge in [0.05, 0.1) is 0 Å². The van der Waals surface area contributed by atoms with Crippen molar-refractivity contribution in [3.05, 3.63) is 23.4 Å². The first kappa shape index (κ1) is 9.46. The number of hydrogen-bond acceptors (Lipinski definition) is 3. The molecule has 1 saturated heterocycles. The SMILES string of the molecule is CNc1ccc([C@@H]2CCCN2)c(C)n1. The molecule has 0 saturated carbocycles. The van der Waals surface area contributed by atoms with Gasteiger partial charge in [0.1, 0.15) is 5.82 Å². The highest BCUT2D eigenvalue weighted by atomic mass is 15.0. The maximum absolute atomic E-state index is 4.49. The van der Waals surface area contributed by atoms with Crippen LogP contribution in [0.15, 0.2) is 12.1 Å². The third-order valence-corrected chi connectivity index (χ3v) is 2.82. The molecule has 2 heterocycles. The molecule has 0 unspecified atom stereocenters. The largest absolute Gasteiger partial charge is 0.373 e. The van der Waals surface area contributed by atoms with Crippen molar-refractivity contribution in [2.24, 2.45) is 0 Å². The Morgan fingerprint density at radius 1 is 1.50 bits per heavy atom. The molecule has 2 rings (SSSR count). The molecule has 0 amide bonds. The lowest BCUT2D eigenvalue weighted by molar-refractivity contribution is 0.640. The summed E-state index contributed by atoms with van der Waals surface area (Å²) in [5.41, 5.74) is 2.48. The second kappa shape index (κ2) is 3.96. The summed E-state index contributed by atoms with van der Waals surface area (Å²) in [4.78, 5) is 4.49. The second-order valence-electron chi connectivity index (χ2n) is 3.77. The van der Waals surface area contributed by atoms with Gasteiger partial charge in [0, 0.05) is 18.8 Å². The van der Waals surface area contributed by atoms with E-state index in [4.69, 9.17) is 0 Å². The zero-order chi connectivity index (χ0) is 9.97. The molecule has 3 nitrogen and oxygen atoms in total. The summed E-state index contributed by atoms with van der Waals surface area (Å²) in [5.74, 6) is 0.948. The average Bonchev–Trinajstić information content (AvgIpc) is 2.70. The first-order valence-corrected chi connectivity index (χ1v) is 5.20. The van der Waals surface area contributed by atoms with E-state index < -0.39 is 0 Å². The highest BCUT2D eigenvalue weighted by molar-refractivity contribution is 5.39. The third kappa shape index (κ3) is 1.73. The first-order valence-electron chi connectivity index (χ1n) is 5.20. The van der Waals surface area contributed by atoms with Crippen molar-refractivity contribution in [1.82, 2.24) is 10.3 Å². The van der Waals surface area contributed by atoms with Crippen LogP contribution in [-0.4, -0.2) is 18.6 Å². The number of anilines is 1. The van der Waals surface area contributed by atoms with Gasteiger partial charge in [-0.1, -0.05) is 6.07 Å². The van der Waals surface area contributed by atoms with Crippen LogP contribution in [0.25, 0.3) is 0 Å². The molecule has 0 aromatic carbocycles. The molecule has 3 heteroatoms. The van der Waals surface area contributed by atoms with Crippen LogP contribution < -0.4 is 10.6 Å². The molecule has 2 N–H and O–H groups in total. The Labute approximate surface area is 84.9 Å². The quantitative estimate of drug-likeness (QED) is 0.749. The molecular formula is C11H17N3. The molecule has 76 valence electrons. The fourth-order valence-corrected chi connectivity index (χ4v) is 2.03. The topological polar surface area (TPSA) is 37.0 Å². The Morgan fingerprint density at radius 3 is 2.93 bits per heavy atom. The Hall–Kier alpha value is -1.09. The zero-order valence-corrected chi connectivity index (χ0v) is 8.80. The lowest BCUT2D eigenvalue weighted by Gasteiger charge is -2.13. The van der Waals surface area contributed by atoms with Crippen LogP contribution in [0.2, 0.25) is 0 Å². The molecule has 1 fully saturated rings. The molecule has 0 aliphatic carbocycles. The van der Waals surface area contributed by atoms with E-state index in [0.717, 1.165) is 18.1 Å². The molecule has 0 bridgehead atoms. The number of aromatic nitrogens is 1. The van der Waals surface area contributed by atoms with Crippen molar-refractivity contribution in [2.45, 2.75) is 25.8 Å². The number of pyridine rings is 1. The maximum atomic E-state index is 4.49. The molecule has 1 aromatic rings. The monoisotopic (exact) mass is 191 g/mol. The van der Waals surface area contributed by atoms with Crippen molar-refractivity contribution in [1.29, 1.82) is 0 Å². The minimum absolute atomic E-state index is 0.522.